The minimum atomic E-state index is 0.458. The van der Waals surface area contributed by atoms with Gasteiger partial charge in [-0.15, -0.1) is 23.5 Å². The molecule has 1 heterocycles. The van der Waals surface area contributed by atoms with Crippen molar-refractivity contribution in [2.45, 2.75) is 33.5 Å². The van der Waals surface area contributed by atoms with Gasteiger partial charge in [0, 0.05) is 22.0 Å². The number of hydrogen-bond donors (Lipinski definition) is 2. The molecule has 0 aromatic rings. The van der Waals surface area contributed by atoms with Gasteiger partial charge in [0.2, 0.25) is 0 Å². The molecule has 1 rings (SSSR count). The second-order valence-corrected chi connectivity index (χ2v) is 10.6. The Balaban J connectivity index is 2.55. The lowest BCUT2D eigenvalue weighted by molar-refractivity contribution is 0.893. The van der Waals surface area contributed by atoms with Crippen LogP contribution in [0.25, 0.3) is 0 Å². The van der Waals surface area contributed by atoms with Crippen LogP contribution in [0.2, 0.25) is 0 Å². The molecule has 1 saturated heterocycles. The first-order valence-corrected chi connectivity index (χ1v) is 10.8. The molecule has 4 unspecified atom stereocenters. The molecule has 0 spiro atoms. The van der Waals surface area contributed by atoms with Gasteiger partial charge in [-0.1, -0.05) is 13.8 Å². The van der Waals surface area contributed by atoms with Gasteiger partial charge in [-0.3, -0.25) is 0 Å². The van der Waals surface area contributed by atoms with E-state index in [1.807, 2.05) is 23.5 Å². The second kappa shape index (κ2) is 9.08. The van der Waals surface area contributed by atoms with Crippen molar-refractivity contribution < 1.29 is 0 Å². The Morgan fingerprint density at radius 1 is 1.00 bits per heavy atom. The zero-order valence-corrected chi connectivity index (χ0v) is 14.7. The predicted molar refractivity (Wildman–Crippen MR) is 94.3 cm³/mol. The van der Waals surface area contributed by atoms with Crippen LogP contribution >= 0.6 is 72.3 Å². The summed E-state index contributed by atoms with van der Waals surface area (Å²) in [5.41, 5.74) is 0. The summed E-state index contributed by atoms with van der Waals surface area (Å²) in [5.74, 6) is 4.84. The van der Waals surface area contributed by atoms with Gasteiger partial charge in [0.25, 0.3) is 0 Å². The molecule has 6 heteroatoms. The van der Waals surface area contributed by atoms with Gasteiger partial charge < -0.3 is 0 Å². The summed E-state index contributed by atoms with van der Waals surface area (Å²) in [5, 5.41) is 1.29. The molecule has 0 aromatic carbocycles. The third kappa shape index (κ3) is 5.00. The highest BCUT2D eigenvalue weighted by Crippen LogP contribution is 2.43. The molecule has 0 aromatic heterocycles. The standard InChI is InChI=1S/C10H20S6/c1-3-13-9(11)7-8(10(12)14-4-2)16-6-5-15-7/h7-12H,3-6H2,1-2H3. The van der Waals surface area contributed by atoms with Gasteiger partial charge in [0.15, 0.2) is 0 Å². The van der Waals surface area contributed by atoms with Crippen LogP contribution in [-0.2, 0) is 0 Å². The van der Waals surface area contributed by atoms with E-state index in [-0.39, 0.29) is 0 Å². The first-order chi connectivity index (χ1) is 7.70. The predicted octanol–water partition coefficient (Wildman–Crippen LogP) is 4.22. The Hall–Kier alpha value is 2.10. The average molecular weight is 333 g/mol. The molecule has 0 saturated carbocycles. The molecule has 4 atom stereocenters. The van der Waals surface area contributed by atoms with E-state index in [0.29, 0.717) is 19.7 Å². The van der Waals surface area contributed by atoms with Crippen molar-refractivity contribution in [2.24, 2.45) is 0 Å². The van der Waals surface area contributed by atoms with Gasteiger partial charge in [0.1, 0.15) is 0 Å². The van der Waals surface area contributed by atoms with Crippen molar-refractivity contribution in [3.63, 3.8) is 0 Å². The molecule has 1 aliphatic heterocycles. The largest absolute Gasteiger partial charge is 0.164 e. The van der Waals surface area contributed by atoms with Crippen molar-refractivity contribution in [1.82, 2.24) is 0 Å². The number of thioether (sulfide) groups is 4. The van der Waals surface area contributed by atoms with Crippen LogP contribution in [0, 0.1) is 0 Å². The molecular weight excluding hydrogens is 313 g/mol. The minimum Gasteiger partial charge on any atom is -0.164 e. The molecule has 0 bridgehead atoms. The van der Waals surface area contributed by atoms with Crippen LogP contribution in [0.15, 0.2) is 0 Å². The number of hydrogen-bond acceptors (Lipinski definition) is 6. The highest BCUT2D eigenvalue weighted by Gasteiger charge is 2.35. The van der Waals surface area contributed by atoms with Gasteiger partial charge in [-0.05, 0) is 11.5 Å². The smallest absolute Gasteiger partial charge is 0.0602 e. The topological polar surface area (TPSA) is 0 Å². The molecule has 0 nitrogen and oxygen atoms in total. The monoisotopic (exact) mass is 332 g/mol. The molecule has 96 valence electrons. The quantitative estimate of drug-likeness (QED) is 0.552. The average Bonchev–Trinajstić information content (AvgIpc) is 2.30. The molecule has 0 amide bonds. The normalized spacial score (nSPS) is 30.0. The van der Waals surface area contributed by atoms with Crippen molar-refractivity contribution >= 4 is 72.3 Å². The summed E-state index contributed by atoms with van der Waals surface area (Å²) in [6.45, 7) is 4.42. The van der Waals surface area contributed by atoms with Gasteiger partial charge >= 0.3 is 0 Å². The maximum atomic E-state index is 4.76. The summed E-state index contributed by atoms with van der Waals surface area (Å²) in [4.78, 5) is 0. The fourth-order valence-electron chi connectivity index (χ4n) is 1.58. The van der Waals surface area contributed by atoms with Crippen LogP contribution in [-0.4, -0.2) is 42.7 Å². The van der Waals surface area contributed by atoms with Crippen LogP contribution in [0.5, 0.6) is 0 Å². The lowest BCUT2D eigenvalue weighted by Gasteiger charge is -2.36. The zero-order chi connectivity index (χ0) is 12.0. The fourth-order valence-corrected chi connectivity index (χ4v) is 8.94. The maximum absolute atomic E-state index is 4.76. The van der Waals surface area contributed by atoms with E-state index in [1.165, 1.54) is 11.5 Å². The molecule has 1 aliphatic rings. The molecule has 1 fully saturated rings. The Labute approximate surface area is 128 Å². The third-order valence-corrected chi connectivity index (χ3v) is 9.70. The molecule has 16 heavy (non-hydrogen) atoms. The highest BCUT2D eigenvalue weighted by atomic mass is 32.2. The van der Waals surface area contributed by atoms with E-state index in [9.17, 15) is 0 Å². The van der Waals surface area contributed by atoms with Crippen LogP contribution < -0.4 is 0 Å². The van der Waals surface area contributed by atoms with Crippen molar-refractivity contribution in [2.75, 3.05) is 23.0 Å². The molecular formula is C10H20S6. The minimum absolute atomic E-state index is 0.458. The Morgan fingerprint density at radius 2 is 1.38 bits per heavy atom. The maximum Gasteiger partial charge on any atom is 0.0602 e. The summed E-state index contributed by atoms with van der Waals surface area (Å²) < 4.78 is 0.916. The van der Waals surface area contributed by atoms with Crippen LogP contribution in [0.4, 0.5) is 0 Å². The van der Waals surface area contributed by atoms with E-state index >= 15 is 0 Å². The van der Waals surface area contributed by atoms with Crippen molar-refractivity contribution in [3.05, 3.63) is 0 Å². The Kier molecular flexibility index (Phi) is 9.16. The Morgan fingerprint density at radius 3 is 1.69 bits per heavy atom. The third-order valence-electron chi connectivity index (χ3n) is 2.26. The summed E-state index contributed by atoms with van der Waals surface area (Å²) >= 11 is 17.6. The van der Waals surface area contributed by atoms with E-state index in [0.717, 1.165) is 11.5 Å². The van der Waals surface area contributed by atoms with Crippen LogP contribution in [0.1, 0.15) is 13.8 Å². The SMILES string of the molecule is CCSC(S)C1SCCSC1C(S)SCC. The number of thiol groups is 2. The lowest BCUT2D eigenvalue weighted by Crippen LogP contribution is -2.37. The second-order valence-electron chi connectivity index (χ2n) is 3.36. The summed E-state index contributed by atoms with van der Waals surface area (Å²) in [6.07, 6.45) is 0. The van der Waals surface area contributed by atoms with Gasteiger partial charge in [-0.2, -0.15) is 48.8 Å². The van der Waals surface area contributed by atoms with Crippen LogP contribution in [0.3, 0.4) is 0 Å². The fraction of sp³-hybridized carbons (Fsp3) is 1.00. The van der Waals surface area contributed by atoms with Crippen molar-refractivity contribution in [1.29, 1.82) is 0 Å². The molecule has 0 aliphatic carbocycles. The highest BCUT2D eigenvalue weighted by molar-refractivity contribution is 8.15. The van der Waals surface area contributed by atoms with E-state index in [4.69, 9.17) is 25.3 Å². The molecule has 0 radical (unpaired) electrons. The van der Waals surface area contributed by atoms with Crippen molar-refractivity contribution in [3.8, 4) is 0 Å². The summed E-state index contributed by atoms with van der Waals surface area (Å²) in [7, 11) is 0. The van der Waals surface area contributed by atoms with E-state index < -0.39 is 0 Å². The van der Waals surface area contributed by atoms with E-state index in [1.54, 1.807) is 0 Å². The Bertz CT molecular complexity index is 168. The van der Waals surface area contributed by atoms with Gasteiger partial charge in [0.05, 0.1) is 9.16 Å². The number of rotatable bonds is 6. The zero-order valence-electron chi connectivity index (χ0n) is 9.67. The van der Waals surface area contributed by atoms with Gasteiger partial charge in [-0.25, -0.2) is 0 Å². The lowest BCUT2D eigenvalue weighted by atomic mass is 10.3. The first kappa shape index (κ1) is 16.2. The molecule has 0 N–H and O–H groups in total. The first-order valence-electron chi connectivity index (χ1n) is 5.53. The van der Waals surface area contributed by atoms with E-state index in [2.05, 4.69) is 37.4 Å². The summed E-state index contributed by atoms with van der Waals surface area (Å²) in [6, 6.07) is 0.